The predicted molar refractivity (Wildman–Crippen MR) is 84.2 cm³/mol. The number of β-amino-alcohol motifs (C(OH)–C–C–N with tert-alkyl or cyclic N) is 1. The fourth-order valence-corrected chi connectivity index (χ4v) is 3.42. The lowest BCUT2D eigenvalue weighted by Gasteiger charge is -2.39. The molecule has 0 aromatic heterocycles. The fourth-order valence-electron chi connectivity index (χ4n) is 3.42. The average Bonchev–Trinajstić information content (AvgIpc) is 2.75. The number of carbonyl (C=O) groups is 1. The first-order valence-corrected chi connectivity index (χ1v) is 8.51. The van der Waals surface area contributed by atoms with Gasteiger partial charge in [-0.05, 0) is 26.7 Å². The van der Waals surface area contributed by atoms with Crippen LogP contribution in [0, 0.1) is 0 Å². The molecule has 2 heterocycles. The topological polar surface area (TPSA) is 47.0 Å². The Bertz CT molecular complexity index is 319. The third kappa shape index (κ3) is 4.94. The van der Waals surface area contributed by atoms with Crippen LogP contribution in [-0.4, -0.2) is 83.7 Å². The van der Waals surface area contributed by atoms with E-state index in [2.05, 4.69) is 21.6 Å². The molecule has 0 radical (unpaired) electrons. The molecule has 2 atom stereocenters. The number of piperazine rings is 1. The molecule has 1 N–H and O–H groups in total. The van der Waals surface area contributed by atoms with Crippen molar-refractivity contribution in [2.45, 2.75) is 51.7 Å². The molecular formula is C16H31N3O2. The molecule has 0 aromatic rings. The first-order chi connectivity index (χ1) is 10.1. The number of hydrogen-bond donors (Lipinski definition) is 1. The number of hydrogen-bond acceptors (Lipinski definition) is 4. The summed E-state index contributed by atoms with van der Waals surface area (Å²) in [7, 11) is 0. The summed E-state index contributed by atoms with van der Waals surface area (Å²) >= 11 is 0. The minimum atomic E-state index is -0.271. The molecule has 5 heteroatoms. The summed E-state index contributed by atoms with van der Waals surface area (Å²) in [5.41, 5.74) is 0. The van der Waals surface area contributed by atoms with Crippen LogP contribution >= 0.6 is 0 Å². The van der Waals surface area contributed by atoms with Gasteiger partial charge in [-0.15, -0.1) is 0 Å². The molecule has 0 unspecified atom stereocenters. The van der Waals surface area contributed by atoms with Crippen LogP contribution in [0.5, 0.6) is 0 Å². The van der Waals surface area contributed by atoms with Crippen molar-refractivity contribution in [1.29, 1.82) is 0 Å². The summed E-state index contributed by atoms with van der Waals surface area (Å²) in [4.78, 5) is 19.3. The molecule has 0 aliphatic carbocycles. The van der Waals surface area contributed by atoms with E-state index in [1.165, 1.54) is 12.8 Å². The Morgan fingerprint density at radius 2 is 1.52 bits per heavy atom. The first kappa shape index (κ1) is 16.7. The Kier molecular flexibility index (Phi) is 6.45. The smallest absolute Gasteiger partial charge is 0.239 e. The first-order valence-electron chi connectivity index (χ1n) is 8.51. The highest BCUT2D eigenvalue weighted by Gasteiger charge is 2.29. The zero-order valence-corrected chi connectivity index (χ0v) is 13.6. The minimum absolute atomic E-state index is 0.00296. The summed E-state index contributed by atoms with van der Waals surface area (Å²) < 4.78 is 0. The van der Waals surface area contributed by atoms with E-state index in [9.17, 15) is 9.90 Å². The molecule has 1 amide bonds. The van der Waals surface area contributed by atoms with Crippen molar-refractivity contribution in [3.05, 3.63) is 0 Å². The molecule has 0 aromatic carbocycles. The Balaban J connectivity index is 1.80. The number of aliphatic hydroxyl groups excluding tert-OH is 1. The van der Waals surface area contributed by atoms with Crippen LogP contribution in [0.2, 0.25) is 0 Å². The van der Waals surface area contributed by atoms with Gasteiger partial charge in [-0.25, -0.2) is 0 Å². The van der Waals surface area contributed by atoms with Gasteiger partial charge in [0.25, 0.3) is 0 Å². The number of nitrogens with zero attached hydrogens (tertiary/aromatic N) is 3. The maximum absolute atomic E-state index is 12.6. The summed E-state index contributed by atoms with van der Waals surface area (Å²) in [5.74, 6) is 0.306. The maximum atomic E-state index is 12.6. The number of likely N-dealkylation sites (tertiary alicyclic amines) is 1. The molecule has 2 aliphatic rings. The molecular weight excluding hydrogens is 266 g/mol. The maximum Gasteiger partial charge on any atom is 0.239 e. The van der Waals surface area contributed by atoms with E-state index in [1.807, 2.05) is 6.92 Å². The summed E-state index contributed by atoms with van der Waals surface area (Å²) in [5, 5.41) is 9.45. The van der Waals surface area contributed by atoms with Crippen LogP contribution in [0.4, 0.5) is 0 Å². The lowest BCUT2D eigenvalue weighted by Crippen LogP contribution is -2.55. The predicted octanol–water partition coefficient (Wildman–Crippen LogP) is 0.776. The van der Waals surface area contributed by atoms with Crippen molar-refractivity contribution in [2.75, 3.05) is 45.8 Å². The van der Waals surface area contributed by atoms with Crippen LogP contribution in [0.25, 0.3) is 0 Å². The Morgan fingerprint density at radius 1 is 0.952 bits per heavy atom. The van der Waals surface area contributed by atoms with E-state index >= 15 is 0 Å². The largest absolute Gasteiger partial charge is 0.392 e. The molecule has 0 bridgehead atoms. The van der Waals surface area contributed by atoms with Gasteiger partial charge < -0.3 is 10.0 Å². The molecule has 122 valence electrons. The summed E-state index contributed by atoms with van der Waals surface area (Å²) in [6.45, 7) is 10.2. The number of rotatable bonds is 4. The average molecular weight is 297 g/mol. The minimum Gasteiger partial charge on any atom is -0.392 e. The molecule has 5 nitrogen and oxygen atoms in total. The number of carbonyl (C=O) groups excluding carboxylic acids is 1. The van der Waals surface area contributed by atoms with Crippen molar-refractivity contribution >= 4 is 5.91 Å². The highest BCUT2D eigenvalue weighted by Crippen LogP contribution is 2.14. The highest BCUT2D eigenvalue weighted by molar-refractivity contribution is 5.81. The Labute approximate surface area is 128 Å². The highest BCUT2D eigenvalue weighted by atomic mass is 16.3. The van der Waals surface area contributed by atoms with Gasteiger partial charge in [0.15, 0.2) is 0 Å². The van der Waals surface area contributed by atoms with Gasteiger partial charge in [0.2, 0.25) is 5.91 Å². The summed E-state index contributed by atoms with van der Waals surface area (Å²) in [6.07, 6.45) is 4.56. The van der Waals surface area contributed by atoms with E-state index in [0.29, 0.717) is 5.91 Å². The van der Waals surface area contributed by atoms with Crippen molar-refractivity contribution in [3.63, 3.8) is 0 Å². The Hall–Kier alpha value is -0.650. The van der Waals surface area contributed by atoms with Gasteiger partial charge in [0.1, 0.15) is 0 Å². The second kappa shape index (κ2) is 8.11. The van der Waals surface area contributed by atoms with Gasteiger partial charge in [0.05, 0.1) is 12.1 Å². The SMILES string of the molecule is C[C@@H](O)CN1CCN([C@@H](C)C(=O)N2CCCCCC2)CC1. The van der Waals surface area contributed by atoms with Gasteiger partial charge >= 0.3 is 0 Å². The third-order valence-electron chi connectivity index (χ3n) is 4.75. The fraction of sp³-hybridized carbons (Fsp3) is 0.938. The van der Waals surface area contributed by atoms with E-state index in [0.717, 1.165) is 58.7 Å². The standard InChI is InChI=1S/C16H31N3O2/c1-14(20)13-17-9-11-18(12-10-17)15(2)16(21)19-7-5-3-4-6-8-19/h14-15,20H,3-13H2,1-2H3/t14-,15+/m1/s1. The van der Waals surface area contributed by atoms with Crippen molar-refractivity contribution in [2.24, 2.45) is 0 Å². The van der Waals surface area contributed by atoms with Crippen LogP contribution in [0.15, 0.2) is 0 Å². The van der Waals surface area contributed by atoms with Gasteiger partial charge in [0, 0.05) is 45.8 Å². The molecule has 2 saturated heterocycles. The van der Waals surface area contributed by atoms with Gasteiger partial charge in [-0.3, -0.25) is 14.6 Å². The van der Waals surface area contributed by atoms with Crippen LogP contribution in [0.1, 0.15) is 39.5 Å². The van der Waals surface area contributed by atoms with Crippen molar-refractivity contribution < 1.29 is 9.90 Å². The molecule has 2 aliphatic heterocycles. The lowest BCUT2D eigenvalue weighted by molar-refractivity contribution is -0.137. The Morgan fingerprint density at radius 3 is 2.05 bits per heavy atom. The van der Waals surface area contributed by atoms with Crippen molar-refractivity contribution in [3.8, 4) is 0 Å². The molecule has 2 fully saturated rings. The normalized spacial score (nSPS) is 25.4. The zero-order chi connectivity index (χ0) is 15.2. The van der Waals surface area contributed by atoms with E-state index in [-0.39, 0.29) is 12.1 Å². The van der Waals surface area contributed by atoms with E-state index in [1.54, 1.807) is 0 Å². The molecule has 21 heavy (non-hydrogen) atoms. The van der Waals surface area contributed by atoms with Crippen LogP contribution in [-0.2, 0) is 4.79 Å². The van der Waals surface area contributed by atoms with E-state index < -0.39 is 0 Å². The second-order valence-electron chi connectivity index (χ2n) is 6.60. The zero-order valence-electron chi connectivity index (χ0n) is 13.6. The monoisotopic (exact) mass is 297 g/mol. The van der Waals surface area contributed by atoms with Crippen LogP contribution < -0.4 is 0 Å². The molecule has 0 spiro atoms. The third-order valence-corrected chi connectivity index (χ3v) is 4.75. The van der Waals surface area contributed by atoms with Gasteiger partial charge in [-0.2, -0.15) is 0 Å². The summed E-state index contributed by atoms with van der Waals surface area (Å²) in [6, 6.07) is -0.00296. The van der Waals surface area contributed by atoms with Crippen molar-refractivity contribution in [1.82, 2.24) is 14.7 Å². The quantitative estimate of drug-likeness (QED) is 0.833. The molecule has 0 saturated carbocycles. The number of amides is 1. The van der Waals surface area contributed by atoms with Gasteiger partial charge in [-0.1, -0.05) is 12.8 Å². The lowest BCUT2D eigenvalue weighted by atomic mass is 10.2. The second-order valence-corrected chi connectivity index (χ2v) is 6.60. The van der Waals surface area contributed by atoms with E-state index in [4.69, 9.17) is 0 Å². The number of aliphatic hydroxyl groups is 1. The molecule has 2 rings (SSSR count). The van der Waals surface area contributed by atoms with Crippen LogP contribution in [0.3, 0.4) is 0 Å².